The van der Waals surface area contributed by atoms with E-state index in [0.29, 0.717) is 11.3 Å². The maximum absolute atomic E-state index is 11.4. The van der Waals surface area contributed by atoms with E-state index in [4.69, 9.17) is 5.11 Å². The number of benzene rings is 2. The van der Waals surface area contributed by atoms with Crippen LogP contribution in [-0.4, -0.2) is 16.9 Å². The van der Waals surface area contributed by atoms with Crippen LogP contribution in [0.1, 0.15) is 28.4 Å². The standard InChI is InChI=1S/C17H16O3S/c1-12(18)13-7-4-8-16(9-13)21-11-15-6-3-2-5-14(15)10-17(19)20/h2-9H,10-11H2,1H3,(H,19,20). The van der Waals surface area contributed by atoms with E-state index >= 15 is 0 Å². The Bertz CT molecular complexity index is 665. The van der Waals surface area contributed by atoms with Gasteiger partial charge in [-0.1, -0.05) is 36.4 Å². The Morgan fingerprint density at radius 3 is 2.43 bits per heavy atom. The van der Waals surface area contributed by atoms with Gasteiger partial charge in [-0.3, -0.25) is 9.59 Å². The number of hydrogen-bond acceptors (Lipinski definition) is 3. The molecule has 0 atom stereocenters. The van der Waals surface area contributed by atoms with Gasteiger partial charge in [-0.25, -0.2) is 0 Å². The number of aliphatic carboxylic acids is 1. The molecular weight excluding hydrogens is 284 g/mol. The molecule has 0 saturated carbocycles. The van der Waals surface area contributed by atoms with Crippen LogP contribution in [0.3, 0.4) is 0 Å². The summed E-state index contributed by atoms with van der Waals surface area (Å²) in [5, 5.41) is 8.93. The van der Waals surface area contributed by atoms with Crippen molar-refractivity contribution in [3.8, 4) is 0 Å². The predicted octanol–water partition coefficient (Wildman–Crippen LogP) is 3.81. The molecule has 0 aromatic heterocycles. The summed E-state index contributed by atoms with van der Waals surface area (Å²) in [4.78, 5) is 23.3. The maximum atomic E-state index is 11.4. The third-order valence-corrected chi connectivity index (χ3v) is 4.14. The van der Waals surface area contributed by atoms with Crippen LogP contribution in [-0.2, 0) is 17.0 Å². The zero-order valence-corrected chi connectivity index (χ0v) is 12.5. The Balaban J connectivity index is 2.11. The second-order valence-electron chi connectivity index (χ2n) is 4.71. The van der Waals surface area contributed by atoms with Crippen LogP contribution in [0.25, 0.3) is 0 Å². The SMILES string of the molecule is CC(=O)c1cccc(SCc2ccccc2CC(=O)O)c1. The zero-order chi connectivity index (χ0) is 15.2. The first kappa shape index (κ1) is 15.3. The molecule has 0 spiro atoms. The van der Waals surface area contributed by atoms with Crippen molar-refractivity contribution in [1.82, 2.24) is 0 Å². The second-order valence-corrected chi connectivity index (χ2v) is 5.76. The number of carboxylic acid groups (broad SMARTS) is 1. The average Bonchev–Trinajstić information content (AvgIpc) is 2.46. The smallest absolute Gasteiger partial charge is 0.307 e. The van der Waals surface area contributed by atoms with Crippen molar-refractivity contribution >= 4 is 23.5 Å². The van der Waals surface area contributed by atoms with Gasteiger partial charge in [-0.2, -0.15) is 0 Å². The number of thioether (sulfide) groups is 1. The van der Waals surface area contributed by atoms with Gasteiger partial charge < -0.3 is 5.11 Å². The molecule has 0 radical (unpaired) electrons. The monoisotopic (exact) mass is 300 g/mol. The fourth-order valence-corrected chi connectivity index (χ4v) is 2.99. The quantitative estimate of drug-likeness (QED) is 0.651. The Morgan fingerprint density at radius 2 is 1.76 bits per heavy atom. The minimum atomic E-state index is -0.828. The number of ketones is 1. The van der Waals surface area contributed by atoms with Crippen LogP contribution in [0, 0.1) is 0 Å². The molecule has 0 amide bonds. The lowest BCUT2D eigenvalue weighted by molar-refractivity contribution is -0.136. The molecule has 2 aromatic carbocycles. The van der Waals surface area contributed by atoms with Gasteiger partial charge in [0.25, 0.3) is 0 Å². The van der Waals surface area contributed by atoms with Crippen molar-refractivity contribution in [2.45, 2.75) is 24.0 Å². The first-order valence-corrected chi connectivity index (χ1v) is 7.57. The second kappa shape index (κ2) is 7.09. The summed E-state index contributed by atoms with van der Waals surface area (Å²) in [6, 6.07) is 15.0. The summed E-state index contributed by atoms with van der Waals surface area (Å²) in [7, 11) is 0. The van der Waals surface area contributed by atoms with E-state index < -0.39 is 5.97 Å². The summed E-state index contributed by atoms with van der Waals surface area (Å²) < 4.78 is 0. The van der Waals surface area contributed by atoms with E-state index in [1.807, 2.05) is 42.5 Å². The topological polar surface area (TPSA) is 54.4 Å². The van der Waals surface area contributed by atoms with E-state index in [1.165, 1.54) is 0 Å². The van der Waals surface area contributed by atoms with Crippen LogP contribution >= 0.6 is 11.8 Å². The number of carbonyl (C=O) groups is 2. The highest BCUT2D eigenvalue weighted by molar-refractivity contribution is 7.98. The van der Waals surface area contributed by atoms with Gasteiger partial charge in [0.05, 0.1) is 6.42 Å². The molecular formula is C17H16O3S. The Labute approximate surface area is 128 Å². The molecule has 0 saturated heterocycles. The molecule has 4 heteroatoms. The minimum Gasteiger partial charge on any atom is -0.481 e. The molecule has 0 bridgehead atoms. The number of hydrogen-bond donors (Lipinski definition) is 1. The van der Waals surface area contributed by atoms with Crippen LogP contribution < -0.4 is 0 Å². The largest absolute Gasteiger partial charge is 0.481 e. The van der Waals surface area contributed by atoms with Crippen molar-refractivity contribution in [2.24, 2.45) is 0 Å². The van der Waals surface area contributed by atoms with Gasteiger partial charge in [0, 0.05) is 16.2 Å². The summed E-state index contributed by atoms with van der Waals surface area (Å²) in [6.45, 7) is 1.55. The number of rotatable bonds is 6. The van der Waals surface area contributed by atoms with Crippen molar-refractivity contribution in [3.05, 3.63) is 65.2 Å². The first-order valence-electron chi connectivity index (χ1n) is 6.58. The van der Waals surface area contributed by atoms with Crippen molar-refractivity contribution in [1.29, 1.82) is 0 Å². The van der Waals surface area contributed by atoms with Crippen LogP contribution in [0.5, 0.6) is 0 Å². The minimum absolute atomic E-state index is 0.0320. The van der Waals surface area contributed by atoms with E-state index in [9.17, 15) is 9.59 Å². The maximum Gasteiger partial charge on any atom is 0.307 e. The van der Waals surface area contributed by atoms with Gasteiger partial charge in [0.2, 0.25) is 0 Å². The van der Waals surface area contributed by atoms with Crippen LogP contribution in [0.4, 0.5) is 0 Å². The third kappa shape index (κ3) is 4.46. The molecule has 0 fully saturated rings. The van der Waals surface area contributed by atoms with Crippen LogP contribution in [0.2, 0.25) is 0 Å². The van der Waals surface area contributed by atoms with Crippen molar-refractivity contribution in [3.63, 3.8) is 0 Å². The molecule has 2 rings (SSSR count). The fourth-order valence-electron chi connectivity index (χ4n) is 2.00. The lowest BCUT2D eigenvalue weighted by atomic mass is 10.1. The van der Waals surface area contributed by atoms with Gasteiger partial charge >= 0.3 is 5.97 Å². The van der Waals surface area contributed by atoms with Gasteiger partial charge in [0.15, 0.2) is 5.78 Å². The van der Waals surface area contributed by atoms with Crippen molar-refractivity contribution in [2.75, 3.05) is 0 Å². The highest BCUT2D eigenvalue weighted by Crippen LogP contribution is 2.25. The van der Waals surface area contributed by atoms with E-state index in [2.05, 4.69) is 0 Å². The van der Waals surface area contributed by atoms with E-state index in [1.54, 1.807) is 24.8 Å². The predicted molar refractivity (Wildman–Crippen MR) is 83.8 cm³/mol. The summed E-state index contributed by atoms with van der Waals surface area (Å²) in [5.74, 6) is -0.0973. The van der Waals surface area contributed by atoms with Crippen molar-refractivity contribution < 1.29 is 14.7 Å². The Hall–Kier alpha value is -2.07. The molecule has 21 heavy (non-hydrogen) atoms. The molecule has 1 N–H and O–H groups in total. The highest BCUT2D eigenvalue weighted by Gasteiger charge is 2.07. The highest BCUT2D eigenvalue weighted by atomic mass is 32.2. The van der Waals surface area contributed by atoms with Gasteiger partial charge in [0.1, 0.15) is 0 Å². The normalized spacial score (nSPS) is 10.3. The van der Waals surface area contributed by atoms with Gasteiger partial charge in [-0.15, -0.1) is 11.8 Å². The molecule has 0 aliphatic rings. The third-order valence-electron chi connectivity index (χ3n) is 3.09. The average molecular weight is 300 g/mol. The molecule has 108 valence electrons. The first-order chi connectivity index (χ1) is 10.1. The molecule has 0 aliphatic carbocycles. The van der Waals surface area contributed by atoms with E-state index in [-0.39, 0.29) is 12.2 Å². The molecule has 3 nitrogen and oxygen atoms in total. The van der Waals surface area contributed by atoms with E-state index in [0.717, 1.165) is 16.0 Å². The number of Topliss-reactive ketones (excluding diaryl/α,β-unsaturated/α-hetero) is 1. The summed E-state index contributed by atoms with van der Waals surface area (Å²) in [5.41, 5.74) is 2.54. The summed E-state index contributed by atoms with van der Waals surface area (Å²) >= 11 is 1.60. The Morgan fingerprint density at radius 1 is 1.05 bits per heavy atom. The number of carboxylic acids is 1. The van der Waals surface area contributed by atoms with Crippen LogP contribution in [0.15, 0.2) is 53.4 Å². The molecule has 0 aliphatic heterocycles. The molecule has 0 heterocycles. The lowest BCUT2D eigenvalue weighted by Crippen LogP contribution is -2.02. The Kier molecular flexibility index (Phi) is 5.17. The summed E-state index contributed by atoms with van der Waals surface area (Å²) in [6.07, 6.45) is 0.0320. The molecule has 2 aromatic rings. The van der Waals surface area contributed by atoms with Gasteiger partial charge in [-0.05, 0) is 30.2 Å². The zero-order valence-electron chi connectivity index (χ0n) is 11.7. The lowest BCUT2D eigenvalue weighted by Gasteiger charge is -2.08. The molecule has 0 unspecified atom stereocenters. The number of carbonyl (C=O) groups excluding carboxylic acids is 1. The fraction of sp³-hybridized carbons (Fsp3) is 0.176.